The van der Waals surface area contributed by atoms with Crippen molar-refractivity contribution in [3.05, 3.63) is 42.1 Å². The van der Waals surface area contributed by atoms with Crippen molar-refractivity contribution >= 4 is 16.8 Å². The molecule has 0 spiro atoms. The Morgan fingerprint density at radius 3 is 2.95 bits per heavy atom. The quantitative estimate of drug-likeness (QED) is 0.896. The maximum Gasteiger partial charge on any atom is 0.252 e. The van der Waals surface area contributed by atoms with E-state index in [1.54, 1.807) is 12.3 Å². The van der Waals surface area contributed by atoms with Gasteiger partial charge in [0.15, 0.2) is 0 Å². The summed E-state index contributed by atoms with van der Waals surface area (Å²) in [5, 5.41) is 3.93. The van der Waals surface area contributed by atoms with Crippen LogP contribution in [0.3, 0.4) is 0 Å². The van der Waals surface area contributed by atoms with Crippen LogP contribution in [0.1, 0.15) is 29.6 Å². The molecule has 4 heteroatoms. The number of para-hydroxylation sites is 1. The molecule has 3 N–H and O–H groups in total. The first-order valence-corrected chi connectivity index (χ1v) is 7.11. The molecule has 1 aromatic carbocycles. The van der Waals surface area contributed by atoms with Crippen molar-refractivity contribution in [1.82, 2.24) is 10.3 Å². The van der Waals surface area contributed by atoms with Crippen molar-refractivity contribution in [1.29, 1.82) is 0 Å². The van der Waals surface area contributed by atoms with Crippen LogP contribution in [-0.4, -0.2) is 23.5 Å². The zero-order valence-electron chi connectivity index (χ0n) is 11.4. The molecule has 4 nitrogen and oxygen atoms in total. The average molecular weight is 269 g/mol. The molecule has 0 bridgehead atoms. The number of pyridine rings is 1. The number of hydrogen-bond donors (Lipinski definition) is 2. The number of carbonyl (C=O) groups excluding carboxylic acids is 1. The van der Waals surface area contributed by atoms with Gasteiger partial charge in [-0.2, -0.15) is 0 Å². The van der Waals surface area contributed by atoms with Gasteiger partial charge in [-0.1, -0.05) is 18.2 Å². The molecule has 1 aromatic heterocycles. The van der Waals surface area contributed by atoms with Crippen molar-refractivity contribution < 1.29 is 4.79 Å². The van der Waals surface area contributed by atoms with Gasteiger partial charge in [-0.3, -0.25) is 9.78 Å². The first-order chi connectivity index (χ1) is 9.74. The fourth-order valence-electron chi connectivity index (χ4n) is 2.93. The first kappa shape index (κ1) is 13.1. The SMILES string of the molecule is NC1CCC(CNC(=O)c2ccnc3ccccc23)C1. The molecule has 3 rings (SSSR count). The van der Waals surface area contributed by atoms with Gasteiger partial charge in [0.05, 0.1) is 11.1 Å². The number of nitrogens with zero attached hydrogens (tertiary/aromatic N) is 1. The second-order valence-electron chi connectivity index (χ2n) is 5.52. The summed E-state index contributed by atoms with van der Waals surface area (Å²) in [5.41, 5.74) is 7.44. The summed E-state index contributed by atoms with van der Waals surface area (Å²) in [6, 6.07) is 9.79. The van der Waals surface area contributed by atoms with Gasteiger partial charge in [0.2, 0.25) is 0 Å². The van der Waals surface area contributed by atoms with E-state index in [9.17, 15) is 4.79 Å². The monoisotopic (exact) mass is 269 g/mol. The molecule has 0 radical (unpaired) electrons. The number of nitrogens with one attached hydrogen (secondary N) is 1. The van der Waals surface area contributed by atoms with Crippen LogP contribution in [0.4, 0.5) is 0 Å². The van der Waals surface area contributed by atoms with Gasteiger partial charge in [-0.25, -0.2) is 0 Å². The summed E-state index contributed by atoms with van der Waals surface area (Å²) in [7, 11) is 0. The second-order valence-corrected chi connectivity index (χ2v) is 5.52. The molecule has 1 heterocycles. The summed E-state index contributed by atoms with van der Waals surface area (Å²) in [6.07, 6.45) is 4.87. The van der Waals surface area contributed by atoms with Crippen molar-refractivity contribution in [3.63, 3.8) is 0 Å². The molecule has 1 aliphatic rings. The highest BCUT2D eigenvalue weighted by atomic mass is 16.1. The predicted octanol–water partition coefficient (Wildman–Crippen LogP) is 2.09. The van der Waals surface area contributed by atoms with Crippen LogP contribution in [0.5, 0.6) is 0 Å². The summed E-state index contributed by atoms with van der Waals surface area (Å²) in [5.74, 6) is 0.492. The van der Waals surface area contributed by atoms with Gasteiger partial charge in [-0.15, -0.1) is 0 Å². The van der Waals surface area contributed by atoms with E-state index in [-0.39, 0.29) is 5.91 Å². The Kier molecular flexibility index (Phi) is 3.65. The largest absolute Gasteiger partial charge is 0.352 e. The molecule has 2 aromatic rings. The minimum Gasteiger partial charge on any atom is -0.352 e. The highest BCUT2D eigenvalue weighted by Crippen LogP contribution is 2.23. The first-order valence-electron chi connectivity index (χ1n) is 7.11. The standard InChI is InChI=1S/C16H19N3O/c17-12-6-5-11(9-12)10-19-16(20)14-7-8-18-15-4-2-1-3-13(14)15/h1-4,7-8,11-12H,5-6,9-10,17H2,(H,19,20). The average Bonchev–Trinajstić information content (AvgIpc) is 2.90. The van der Waals surface area contributed by atoms with Gasteiger partial charge in [0.25, 0.3) is 5.91 Å². The van der Waals surface area contributed by atoms with Crippen molar-refractivity contribution in [2.75, 3.05) is 6.54 Å². The lowest BCUT2D eigenvalue weighted by atomic mass is 10.1. The van der Waals surface area contributed by atoms with Gasteiger partial charge in [-0.05, 0) is 37.3 Å². The third-order valence-electron chi connectivity index (χ3n) is 4.03. The highest BCUT2D eigenvalue weighted by molar-refractivity contribution is 6.05. The van der Waals surface area contributed by atoms with E-state index in [2.05, 4.69) is 10.3 Å². The maximum atomic E-state index is 12.3. The number of aromatic nitrogens is 1. The van der Waals surface area contributed by atoms with E-state index >= 15 is 0 Å². The summed E-state index contributed by atoms with van der Waals surface area (Å²) in [4.78, 5) is 16.6. The number of rotatable bonds is 3. The number of fused-ring (bicyclic) bond motifs is 1. The van der Waals surface area contributed by atoms with Crippen molar-refractivity contribution in [2.24, 2.45) is 11.7 Å². The maximum absolute atomic E-state index is 12.3. The summed E-state index contributed by atoms with van der Waals surface area (Å²) < 4.78 is 0. The van der Waals surface area contributed by atoms with Crippen molar-refractivity contribution in [3.8, 4) is 0 Å². The number of hydrogen-bond acceptors (Lipinski definition) is 3. The zero-order chi connectivity index (χ0) is 13.9. The molecular formula is C16H19N3O. The van der Waals surface area contributed by atoms with E-state index in [1.165, 1.54) is 0 Å². The van der Waals surface area contributed by atoms with E-state index in [0.717, 1.165) is 30.2 Å². The van der Waals surface area contributed by atoms with Crippen LogP contribution in [0.2, 0.25) is 0 Å². The van der Waals surface area contributed by atoms with Gasteiger partial charge >= 0.3 is 0 Å². The van der Waals surface area contributed by atoms with Crippen LogP contribution in [-0.2, 0) is 0 Å². The van der Waals surface area contributed by atoms with Crippen LogP contribution < -0.4 is 11.1 Å². The number of amides is 1. The van der Waals surface area contributed by atoms with Gasteiger partial charge < -0.3 is 11.1 Å². The number of nitrogens with two attached hydrogens (primary N) is 1. The lowest BCUT2D eigenvalue weighted by molar-refractivity contribution is 0.0949. The Labute approximate surface area is 118 Å². The summed E-state index contributed by atoms with van der Waals surface area (Å²) in [6.45, 7) is 0.711. The number of carbonyl (C=O) groups is 1. The van der Waals surface area contributed by atoms with Crippen LogP contribution >= 0.6 is 0 Å². The van der Waals surface area contributed by atoms with Crippen LogP contribution in [0.25, 0.3) is 10.9 Å². The third kappa shape index (κ3) is 2.65. The topological polar surface area (TPSA) is 68.0 Å². The highest BCUT2D eigenvalue weighted by Gasteiger charge is 2.22. The summed E-state index contributed by atoms with van der Waals surface area (Å²) >= 11 is 0. The molecule has 104 valence electrons. The number of benzene rings is 1. The van der Waals surface area contributed by atoms with Crippen LogP contribution in [0.15, 0.2) is 36.5 Å². The molecule has 1 amide bonds. The van der Waals surface area contributed by atoms with Gasteiger partial charge in [0, 0.05) is 24.2 Å². The third-order valence-corrected chi connectivity index (χ3v) is 4.03. The molecule has 0 saturated heterocycles. The molecule has 20 heavy (non-hydrogen) atoms. The second kappa shape index (κ2) is 5.59. The molecule has 2 unspecified atom stereocenters. The fraction of sp³-hybridized carbons (Fsp3) is 0.375. The fourth-order valence-corrected chi connectivity index (χ4v) is 2.93. The minimum absolute atomic E-state index is 0.0240. The Bertz CT molecular complexity index is 621. The van der Waals surface area contributed by atoms with E-state index < -0.39 is 0 Å². The zero-order valence-corrected chi connectivity index (χ0v) is 11.4. The van der Waals surface area contributed by atoms with Crippen LogP contribution in [0, 0.1) is 5.92 Å². The molecule has 0 aliphatic heterocycles. The van der Waals surface area contributed by atoms with E-state index in [1.807, 2.05) is 24.3 Å². The Morgan fingerprint density at radius 2 is 2.15 bits per heavy atom. The molecule has 1 aliphatic carbocycles. The normalized spacial score (nSPS) is 22.1. The van der Waals surface area contributed by atoms with Gasteiger partial charge in [0.1, 0.15) is 0 Å². The Morgan fingerprint density at radius 1 is 1.30 bits per heavy atom. The molecular weight excluding hydrogens is 250 g/mol. The predicted molar refractivity (Wildman–Crippen MR) is 79.4 cm³/mol. The Balaban J connectivity index is 1.72. The lowest BCUT2D eigenvalue weighted by Gasteiger charge is -2.12. The molecule has 2 atom stereocenters. The molecule has 1 saturated carbocycles. The van der Waals surface area contributed by atoms with E-state index in [4.69, 9.17) is 5.73 Å². The molecule has 1 fully saturated rings. The van der Waals surface area contributed by atoms with Crippen molar-refractivity contribution in [2.45, 2.75) is 25.3 Å². The smallest absolute Gasteiger partial charge is 0.252 e. The Hall–Kier alpha value is -1.94. The lowest BCUT2D eigenvalue weighted by Crippen LogP contribution is -2.29. The van der Waals surface area contributed by atoms with E-state index in [0.29, 0.717) is 24.1 Å². The minimum atomic E-state index is -0.0240.